The Hall–Kier alpha value is -2.66. The average Bonchev–Trinajstić information content (AvgIpc) is 2.99. The highest BCUT2D eigenvalue weighted by Gasteiger charge is 2.38. The lowest BCUT2D eigenvalue weighted by Gasteiger charge is -2.37. The first-order valence-corrected chi connectivity index (χ1v) is 12.1. The van der Waals surface area contributed by atoms with Crippen molar-refractivity contribution in [3.63, 3.8) is 0 Å². The van der Waals surface area contributed by atoms with E-state index in [4.69, 9.17) is 0 Å². The van der Waals surface area contributed by atoms with Crippen molar-refractivity contribution in [2.45, 2.75) is 50.0 Å². The molecule has 0 radical (unpaired) electrons. The molecular formula is C23H23F4N5OS. The highest BCUT2D eigenvalue weighted by Crippen LogP contribution is 2.47. The van der Waals surface area contributed by atoms with E-state index in [0.717, 1.165) is 18.3 Å². The molecule has 2 unspecified atom stereocenters. The van der Waals surface area contributed by atoms with Crippen molar-refractivity contribution >= 4 is 28.5 Å². The number of halogens is 4. The largest absolute Gasteiger partial charge is 0.417 e. The number of alkyl halides is 3. The van der Waals surface area contributed by atoms with Gasteiger partial charge in [0.25, 0.3) is 0 Å². The van der Waals surface area contributed by atoms with Crippen LogP contribution < -0.4 is 15.9 Å². The quantitative estimate of drug-likeness (QED) is 0.538. The SMILES string of the molecule is CC1CN(c2nc(=O)n3c4c(c(-c5ccc(F)cn5)c(C(F)(F)F)cc24)SCCC3)CC(C)N1. The number of nitrogens with zero attached hydrogens (tertiary/aromatic N) is 4. The van der Waals surface area contributed by atoms with Crippen molar-refractivity contribution < 1.29 is 17.6 Å². The van der Waals surface area contributed by atoms with Crippen LogP contribution in [0.1, 0.15) is 25.8 Å². The van der Waals surface area contributed by atoms with Gasteiger partial charge in [-0.25, -0.2) is 9.18 Å². The van der Waals surface area contributed by atoms with Crippen LogP contribution in [0.4, 0.5) is 23.4 Å². The van der Waals surface area contributed by atoms with Crippen LogP contribution in [0.5, 0.6) is 0 Å². The minimum atomic E-state index is -4.69. The van der Waals surface area contributed by atoms with Crippen molar-refractivity contribution in [3.8, 4) is 11.3 Å². The summed E-state index contributed by atoms with van der Waals surface area (Å²) >= 11 is 1.27. The number of thioether (sulfide) groups is 1. The Kier molecular flexibility index (Phi) is 5.79. The molecule has 3 aromatic rings. The lowest BCUT2D eigenvalue weighted by atomic mass is 9.99. The normalized spacial score (nSPS) is 21.1. The van der Waals surface area contributed by atoms with Crippen LogP contribution in [-0.2, 0) is 12.7 Å². The molecule has 0 saturated carbocycles. The summed E-state index contributed by atoms with van der Waals surface area (Å²) in [5, 5.41) is 3.69. The summed E-state index contributed by atoms with van der Waals surface area (Å²) in [5.41, 5.74) is -1.03. The second kappa shape index (κ2) is 8.53. The zero-order valence-electron chi connectivity index (χ0n) is 18.6. The summed E-state index contributed by atoms with van der Waals surface area (Å²) in [5.74, 6) is 0.161. The molecule has 180 valence electrons. The number of nitrogens with one attached hydrogen (secondary N) is 1. The van der Waals surface area contributed by atoms with Crippen LogP contribution >= 0.6 is 11.8 Å². The van der Waals surface area contributed by atoms with E-state index >= 15 is 0 Å². The van der Waals surface area contributed by atoms with E-state index in [-0.39, 0.29) is 29.2 Å². The molecule has 4 heterocycles. The second-order valence-electron chi connectivity index (χ2n) is 8.83. The summed E-state index contributed by atoms with van der Waals surface area (Å²) in [6, 6.07) is 3.59. The molecule has 2 atom stereocenters. The Morgan fingerprint density at radius 3 is 2.56 bits per heavy atom. The van der Waals surface area contributed by atoms with Gasteiger partial charge in [0.2, 0.25) is 0 Å². The number of hydrogen-bond acceptors (Lipinski definition) is 6. The Morgan fingerprint density at radius 2 is 1.91 bits per heavy atom. The van der Waals surface area contributed by atoms with E-state index in [9.17, 15) is 22.4 Å². The number of anilines is 1. The molecule has 5 rings (SSSR count). The third-order valence-corrected chi connectivity index (χ3v) is 7.30. The first-order chi connectivity index (χ1) is 16.1. The summed E-state index contributed by atoms with van der Waals surface area (Å²) in [6.07, 6.45) is -3.18. The standard InChI is InChI=1S/C23H23F4N5OS/c1-12-10-31(11-13(2)29-12)21-15-8-16(23(25,26)27)18(17-5-4-14(24)9-28-17)20-19(15)32(22(33)30-21)6-3-7-34-20/h4-5,8-9,12-13,29H,3,6-7,10-11H2,1-2H3. The fourth-order valence-corrected chi connectivity index (χ4v) is 6.07. The molecule has 2 aliphatic rings. The van der Waals surface area contributed by atoms with Crippen LogP contribution in [0.15, 0.2) is 34.1 Å². The lowest BCUT2D eigenvalue weighted by molar-refractivity contribution is -0.137. The minimum Gasteiger partial charge on any atom is -0.353 e. The van der Waals surface area contributed by atoms with Crippen LogP contribution in [0.25, 0.3) is 22.2 Å². The first-order valence-electron chi connectivity index (χ1n) is 11.1. The van der Waals surface area contributed by atoms with Crippen molar-refractivity contribution in [2.75, 3.05) is 23.7 Å². The number of pyridine rings is 1. The van der Waals surface area contributed by atoms with E-state index in [1.807, 2.05) is 18.7 Å². The number of aromatic nitrogens is 3. The van der Waals surface area contributed by atoms with Gasteiger partial charge in [-0.3, -0.25) is 9.55 Å². The highest BCUT2D eigenvalue weighted by atomic mass is 32.2. The molecule has 0 spiro atoms. The first kappa shape index (κ1) is 23.1. The zero-order valence-corrected chi connectivity index (χ0v) is 19.4. The molecule has 0 amide bonds. The van der Waals surface area contributed by atoms with Gasteiger partial charge in [0.05, 0.1) is 23.0 Å². The number of piperazine rings is 1. The van der Waals surface area contributed by atoms with E-state index in [1.165, 1.54) is 22.4 Å². The molecule has 2 aliphatic heterocycles. The molecule has 11 heteroatoms. The van der Waals surface area contributed by atoms with Crippen molar-refractivity contribution in [2.24, 2.45) is 0 Å². The smallest absolute Gasteiger partial charge is 0.353 e. The van der Waals surface area contributed by atoms with Gasteiger partial charge >= 0.3 is 11.9 Å². The molecule has 1 N–H and O–H groups in total. The predicted molar refractivity (Wildman–Crippen MR) is 124 cm³/mol. The molecule has 6 nitrogen and oxygen atoms in total. The minimum absolute atomic E-state index is 0.0156. The Morgan fingerprint density at radius 1 is 1.18 bits per heavy atom. The molecule has 1 fully saturated rings. The molecule has 0 aliphatic carbocycles. The monoisotopic (exact) mass is 493 g/mol. The van der Waals surface area contributed by atoms with Gasteiger partial charge < -0.3 is 10.2 Å². The van der Waals surface area contributed by atoms with Gasteiger partial charge in [-0.1, -0.05) is 0 Å². The number of aryl methyl sites for hydroxylation is 1. The van der Waals surface area contributed by atoms with E-state index in [2.05, 4.69) is 15.3 Å². The summed E-state index contributed by atoms with van der Waals surface area (Å²) in [4.78, 5) is 23.6. The van der Waals surface area contributed by atoms with Crippen molar-refractivity contribution in [3.05, 3.63) is 46.3 Å². The molecule has 0 bridgehead atoms. The van der Waals surface area contributed by atoms with Gasteiger partial charge in [-0.05, 0) is 44.2 Å². The fraction of sp³-hybridized carbons (Fsp3) is 0.435. The maximum Gasteiger partial charge on any atom is 0.417 e. The Balaban J connectivity index is 1.88. The van der Waals surface area contributed by atoms with Gasteiger partial charge in [0.1, 0.15) is 11.6 Å². The topological polar surface area (TPSA) is 63.1 Å². The molecular weight excluding hydrogens is 470 g/mol. The second-order valence-corrected chi connectivity index (χ2v) is 9.93. The Bertz CT molecular complexity index is 1300. The lowest BCUT2D eigenvalue weighted by Crippen LogP contribution is -2.55. The molecule has 34 heavy (non-hydrogen) atoms. The van der Waals surface area contributed by atoms with Crippen molar-refractivity contribution in [1.29, 1.82) is 0 Å². The summed E-state index contributed by atoms with van der Waals surface area (Å²) < 4.78 is 58.3. The van der Waals surface area contributed by atoms with Gasteiger partial charge in [0.15, 0.2) is 0 Å². The predicted octanol–water partition coefficient (Wildman–Crippen LogP) is 4.30. The summed E-state index contributed by atoms with van der Waals surface area (Å²) in [6.45, 7) is 5.36. The third-order valence-electron chi connectivity index (χ3n) is 6.12. The molecule has 2 aromatic heterocycles. The van der Waals surface area contributed by atoms with Crippen LogP contribution in [-0.4, -0.2) is 45.5 Å². The number of hydrogen-bond donors (Lipinski definition) is 1. The van der Waals surface area contributed by atoms with E-state index in [0.29, 0.717) is 47.6 Å². The van der Waals surface area contributed by atoms with E-state index < -0.39 is 23.2 Å². The maximum atomic E-state index is 14.4. The molecule has 1 saturated heterocycles. The third kappa shape index (κ3) is 4.04. The van der Waals surface area contributed by atoms with Gasteiger partial charge in [0, 0.05) is 47.6 Å². The fourth-order valence-electron chi connectivity index (χ4n) is 4.88. The highest BCUT2D eigenvalue weighted by molar-refractivity contribution is 7.99. The maximum absolute atomic E-state index is 14.4. The Labute approximate surface area is 197 Å². The zero-order chi connectivity index (χ0) is 24.2. The van der Waals surface area contributed by atoms with Crippen LogP contribution in [0, 0.1) is 5.82 Å². The van der Waals surface area contributed by atoms with Crippen molar-refractivity contribution in [1.82, 2.24) is 19.9 Å². The number of rotatable bonds is 2. The van der Waals surface area contributed by atoms with Gasteiger partial charge in [-0.2, -0.15) is 18.2 Å². The van der Waals surface area contributed by atoms with Crippen LogP contribution in [0.3, 0.4) is 0 Å². The average molecular weight is 494 g/mol. The van der Waals surface area contributed by atoms with Crippen LogP contribution in [0.2, 0.25) is 0 Å². The number of benzene rings is 1. The van der Waals surface area contributed by atoms with E-state index in [1.54, 1.807) is 0 Å². The summed E-state index contributed by atoms with van der Waals surface area (Å²) in [7, 11) is 0. The molecule has 1 aromatic carbocycles. The van der Waals surface area contributed by atoms with Gasteiger partial charge in [-0.15, -0.1) is 11.8 Å².